The van der Waals surface area contributed by atoms with Crippen molar-refractivity contribution in [2.24, 2.45) is 0 Å². The third-order valence-corrected chi connectivity index (χ3v) is 4.22. The fourth-order valence-electron chi connectivity index (χ4n) is 3.17. The first-order valence-corrected chi connectivity index (χ1v) is 7.22. The van der Waals surface area contributed by atoms with Crippen molar-refractivity contribution in [3.63, 3.8) is 0 Å². The van der Waals surface area contributed by atoms with Gasteiger partial charge >= 0.3 is 5.97 Å². The molecule has 0 saturated carbocycles. The minimum absolute atomic E-state index is 0.160. The first kappa shape index (κ1) is 14.7. The molecular formula is C18H16F2O2. The lowest BCUT2D eigenvalue weighted by Crippen LogP contribution is -2.12. The van der Waals surface area contributed by atoms with E-state index in [-0.39, 0.29) is 29.9 Å². The van der Waals surface area contributed by atoms with Gasteiger partial charge in [-0.15, -0.1) is 0 Å². The Bertz CT molecular complexity index is 672. The van der Waals surface area contributed by atoms with Gasteiger partial charge in [-0.25, -0.2) is 8.78 Å². The lowest BCUT2D eigenvalue weighted by atomic mass is 9.85. The second-order valence-corrected chi connectivity index (χ2v) is 5.52. The zero-order valence-electron chi connectivity index (χ0n) is 12.2. The lowest BCUT2D eigenvalue weighted by Gasteiger charge is -2.19. The fraction of sp³-hybridized carbons (Fsp3) is 0.278. The maximum Gasteiger partial charge on any atom is 0.306 e. The van der Waals surface area contributed by atoms with E-state index in [1.54, 1.807) is 12.1 Å². The van der Waals surface area contributed by atoms with Crippen molar-refractivity contribution in [3.8, 4) is 0 Å². The molecule has 0 bridgehead atoms. The van der Waals surface area contributed by atoms with Gasteiger partial charge in [0.2, 0.25) is 0 Å². The van der Waals surface area contributed by atoms with Crippen LogP contribution in [0.15, 0.2) is 36.4 Å². The molecule has 0 fully saturated rings. The molecule has 3 rings (SSSR count). The van der Waals surface area contributed by atoms with E-state index >= 15 is 0 Å². The normalized spacial score (nSPS) is 14.0. The van der Waals surface area contributed by atoms with Gasteiger partial charge in [0.25, 0.3) is 0 Å². The second kappa shape index (κ2) is 5.87. The summed E-state index contributed by atoms with van der Waals surface area (Å²) in [6.07, 6.45) is 1.41. The van der Waals surface area contributed by atoms with Gasteiger partial charge in [-0.2, -0.15) is 0 Å². The van der Waals surface area contributed by atoms with Gasteiger partial charge in [0.15, 0.2) is 0 Å². The highest BCUT2D eigenvalue weighted by atomic mass is 19.1. The number of hydrogen-bond acceptors (Lipinski definition) is 2. The topological polar surface area (TPSA) is 26.3 Å². The molecule has 2 aromatic rings. The number of ether oxygens (including phenoxy) is 1. The molecule has 22 heavy (non-hydrogen) atoms. The van der Waals surface area contributed by atoms with E-state index < -0.39 is 0 Å². The number of fused-ring (bicyclic) bond motifs is 2. The van der Waals surface area contributed by atoms with Crippen LogP contribution in [0.5, 0.6) is 0 Å². The molecule has 0 saturated heterocycles. The number of rotatable bonds is 2. The number of hydrogen-bond donors (Lipinski definition) is 0. The molecular weight excluding hydrogens is 286 g/mol. The molecule has 2 aromatic carbocycles. The SMILES string of the molecule is COC(=O)CC1c2ccc(F)cc2CCc2cc(F)ccc21. The van der Waals surface area contributed by atoms with Crippen LogP contribution in [0.1, 0.15) is 34.6 Å². The molecule has 0 N–H and O–H groups in total. The molecule has 0 aliphatic heterocycles. The molecule has 1 aliphatic rings. The molecule has 0 spiro atoms. The van der Waals surface area contributed by atoms with Crippen molar-refractivity contribution >= 4 is 5.97 Å². The monoisotopic (exact) mass is 302 g/mol. The zero-order valence-corrected chi connectivity index (χ0v) is 12.2. The Kier molecular flexibility index (Phi) is 3.92. The van der Waals surface area contributed by atoms with Crippen LogP contribution >= 0.6 is 0 Å². The molecule has 0 radical (unpaired) electrons. The van der Waals surface area contributed by atoms with Crippen molar-refractivity contribution < 1.29 is 18.3 Å². The van der Waals surface area contributed by atoms with E-state index in [1.165, 1.54) is 31.4 Å². The van der Waals surface area contributed by atoms with Gasteiger partial charge in [-0.05, 0) is 59.4 Å². The Morgan fingerprint density at radius 2 is 1.55 bits per heavy atom. The summed E-state index contributed by atoms with van der Waals surface area (Å²) in [4.78, 5) is 11.8. The smallest absolute Gasteiger partial charge is 0.306 e. The molecule has 114 valence electrons. The van der Waals surface area contributed by atoms with Crippen LogP contribution in [0.3, 0.4) is 0 Å². The van der Waals surface area contributed by atoms with Crippen LogP contribution in [0.4, 0.5) is 8.78 Å². The van der Waals surface area contributed by atoms with Crippen molar-refractivity contribution in [2.45, 2.75) is 25.2 Å². The van der Waals surface area contributed by atoms with Crippen molar-refractivity contribution in [1.82, 2.24) is 0 Å². The van der Waals surface area contributed by atoms with Crippen LogP contribution < -0.4 is 0 Å². The summed E-state index contributed by atoms with van der Waals surface area (Å²) in [6.45, 7) is 0. The van der Waals surface area contributed by atoms with Crippen LogP contribution in [0.2, 0.25) is 0 Å². The second-order valence-electron chi connectivity index (χ2n) is 5.52. The summed E-state index contributed by atoms with van der Waals surface area (Å²) in [5, 5.41) is 0. The summed E-state index contributed by atoms with van der Waals surface area (Å²) in [5.41, 5.74) is 3.56. The number of benzene rings is 2. The Morgan fingerprint density at radius 3 is 2.00 bits per heavy atom. The van der Waals surface area contributed by atoms with Crippen molar-refractivity contribution in [3.05, 3.63) is 70.3 Å². The molecule has 0 atom stereocenters. The first-order valence-electron chi connectivity index (χ1n) is 7.22. The number of aryl methyl sites for hydroxylation is 2. The highest BCUT2D eigenvalue weighted by molar-refractivity contribution is 5.71. The number of esters is 1. The van der Waals surface area contributed by atoms with Gasteiger partial charge in [0.05, 0.1) is 13.5 Å². The maximum absolute atomic E-state index is 13.5. The minimum atomic E-state index is -0.336. The summed E-state index contributed by atoms with van der Waals surface area (Å²) < 4.78 is 31.8. The first-order chi connectivity index (χ1) is 10.6. The largest absolute Gasteiger partial charge is 0.469 e. The van der Waals surface area contributed by atoms with E-state index in [2.05, 4.69) is 0 Å². The van der Waals surface area contributed by atoms with E-state index in [1.807, 2.05) is 0 Å². The van der Waals surface area contributed by atoms with Gasteiger partial charge in [0, 0.05) is 5.92 Å². The number of carbonyl (C=O) groups is 1. The standard InChI is InChI=1S/C18H16F2O2/c1-22-18(21)10-17-15-6-4-13(19)8-11(15)2-3-12-9-14(20)5-7-16(12)17/h4-9,17H,2-3,10H2,1H3. The average molecular weight is 302 g/mol. The van der Waals surface area contributed by atoms with Gasteiger partial charge in [0.1, 0.15) is 11.6 Å². The molecule has 0 unspecified atom stereocenters. The van der Waals surface area contributed by atoms with E-state index in [0.29, 0.717) is 12.8 Å². The molecule has 4 heteroatoms. The third kappa shape index (κ3) is 2.73. The summed E-state index contributed by atoms with van der Waals surface area (Å²) in [5.74, 6) is -1.17. The predicted molar refractivity (Wildman–Crippen MR) is 78.7 cm³/mol. The Morgan fingerprint density at radius 1 is 1.05 bits per heavy atom. The van der Waals surface area contributed by atoms with Crippen LogP contribution in [-0.4, -0.2) is 13.1 Å². The van der Waals surface area contributed by atoms with Gasteiger partial charge in [-0.3, -0.25) is 4.79 Å². The molecule has 2 nitrogen and oxygen atoms in total. The molecule has 0 amide bonds. The predicted octanol–water partition coefficient (Wildman–Crippen LogP) is 3.76. The Hall–Kier alpha value is -2.23. The summed E-state index contributed by atoms with van der Waals surface area (Å²) in [6, 6.07) is 9.24. The minimum Gasteiger partial charge on any atom is -0.469 e. The van der Waals surface area contributed by atoms with E-state index in [9.17, 15) is 13.6 Å². The van der Waals surface area contributed by atoms with E-state index in [4.69, 9.17) is 4.74 Å². The van der Waals surface area contributed by atoms with E-state index in [0.717, 1.165) is 22.3 Å². The number of halogens is 2. The average Bonchev–Trinajstić information content (AvgIpc) is 2.64. The fourth-order valence-corrected chi connectivity index (χ4v) is 3.17. The van der Waals surface area contributed by atoms with Crippen molar-refractivity contribution in [1.29, 1.82) is 0 Å². The highest BCUT2D eigenvalue weighted by Crippen LogP contribution is 2.37. The van der Waals surface area contributed by atoms with Gasteiger partial charge in [-0.1, -0.05) is 12.1 Å². The Balaban J connectivity index is 2.13. The maximum atomic E-state index is 13.5. The Labute approximate surface area is 127 Å². The van der Waals surface area contributed by atoms with Crippen LogP contribution in [-0.2, 0) is 22.4 Å². The number of carbonyl (C=O) groups excluding carboxylic acids is 1. The summed E-state index contributed by atoms with van der Waals surface area (Å²) >= 11 is 0. The van der Waals surface area contributed by atoms with Gasteiger partial charge < -0.3 is 4.74 Å². The van der Waals surface area contributed by atoms with Crippen molar-refractivity contribution in [2.75, 3.05) is 7.11 Å². The quantitative estimate of drug-likeness (QED) is 0.790. The third-order valence-electron chi connectivity index (χ3n) is 4.22. The molecule has 0 aromatic heterocycles. The summed E-state index contributed by atoms with van der Waals surface area (Å²) in [7, 11) is 1.34. The molecule has 1 aliphatic carbocycles. The lowest BCUT2D eigenvalue weighted by molar-refractivity contribution is -0.140. The zero-order chi connectivity index (χ0) is 15.7. The molecule has 0 heterocycles. The number of methoxy groups -OCH3 is 1. The highest BCUT2D eigenvalue weighted by Gasteiger charge is 2.26. The van der Waals surface area contributed by atoms with Crippen LogP contribution in [0, 0.1) is 11.6 Å². The van der Waals surface area contributed by atoms with Crippen LogP contribution in [0.25, 0.3) is 0 Å².